The van der Waals surface area contributed by atoms with Crippen molar-refractivity contribution in [3.05, 3.63) is 59.7 Å². The Bertz CT molecular complexity index is 988. The van der Waals surface area contributed by atoms with Crippen LogP contribution in [-0.2, 0) is 14.4 Å². The molecule has 1 fully saturated rings. The lowest BCUT2D eigenvalue weighted by Crippen LogP contribution is -2.42. The summed E-state index contributed by atoms with van der Waals surface area (Å²) in [5.74, 6) is -0.791. The molecule has 3 N–H and O–H groups in total. The SMILES string of the molecule is COc1ccc(NC(=O)[C@H](c2ccc(C)cc2)N(C)C(=O)C[C@H]2NC(=O)NC2=O)cc1. The van der Waals surface area contributed by atoms with Gasteiger partial charge in [-0.05, 0) is 36.8 Å². The van der Waals surface area contributed by atoms with E-state index in [1.807, 2.05) is 19.1 Å². The van der Waals surface area contributed by atoms with Crippen molar-refractivity contribution in [2.24, 2.45) is 0 Å². The van der Waals surface area contributed by atoms with Gasteiger partial charge < -0.3 is 20.3 Å². The minimum Gasteiger partial charge on any atom is -0.497 e. The van der Waals surface area contributed by atoms with Crippen LogP contribution < -0.4 is 20.7 Å². The second-order valence-electron chi connectivity index (χ2n) is 7.26. The van der Waals surface area contributed by atoms with Crippen LogP contribution in [0, 0.1) is 6.92 Å². The van der Waals surface area contributed by atoms with Crippen LogP contribution in [0.25, 0.3) is 0 Å². The lowest BCUT2D eigenvalue weighted by atomic mass is 10.0. The van der Waals surface area contributed by atoms with Crippen molar-refractivity contribution in [3.63, 3.8) is 0 Å². The first kappa shape index (κ1) is 21.8. The van der Waals surface area contributed by atoms with Gasteiger partial charge in [0, 0.05) is 12.7 Å². The van der Waals surface area contributed by atoms with Crippen LogP contribution in [0.5, 0.6) is 5.75 Å². The third-order valence-electron chi connectivity index (χ3n) is 5.02. The Morgan fingerprint density at radius 3 is 2.29 bits per heavy atom. The molecule has 0 bridgehead atoms. The largest absolute Gasteiger partial charge is 0.497 e. The monoisotopic (exact) mass is 424 g/mol. The fourth-order valence-corrected chi connectivity index (χ4v) is 3.25. The molecule has 1 saturated heterocycles. The highest BCUT2D eigenvalue weighted by molar-refractivity contribution is 6.06. The summed E-state index contributed by atoms with van der Waals surface area (Å²) >= 11 is 0. The molecule has 0 aliphatic carbocycles. The number of hydrogen-bond acceptors (Lipinski definition) is 5. The van der Waals surface area contributed by atoms with Gasteiger partial charge in [-0.25, -0.2) is 4.79 Å². The smallest absolute Gasteiger partial charge is 0.322 e. The van der Waals surface area contributed by atoms with E-state index in [1.165, 1.54) is 11.9 Å². The van der Waals surface area contributed by atoms with Crippen molar-refractivity contribution in [3.8, 4) is 5.75 Å². The van der Waals surface area contributed by atoms with Crippen LogP contribution >= 0.6 is 0 Å². The van der Waals surface area contributed by atoms with E-state index in [0.717, 1.165) is 5.56 Å². The Labute approximate surface area is 179 Å². The summed E-state index contributed by atoms with van der Waals surface area (Å²) in [6, 6.07) is 11.5. The number of urea groups is 1. The first-order chi connectivity index (χ1) is 14.8. The molecule has 0 spiro atoms. The average molecular weight is 424 g/mol. The maximum Gasteiger partial charge on any atom is 0.322 e. The molecule has 31 heavy (non-hydrogen) atoms. The Kier molecular flexibility index (Phi) is 6.54. The summed E-state index contributed by atoms with van der Waals surface area (Å²) < 4.78 is 5.12. The van der Waals surface area contributed by atoms with Gasteiger partial charge in [0.1, 0.15) is 17.8 Å². The zero-order valence-corrected chi connectivity index (χ0v) is 17.5. The number of carbonyl (C=O) groups excluding carboxylic acids is 4. The number of imide groups is 1. The van der Waals surface area contributed by atoms with Crippen molar-refractivity contribution in [2.75, 3.05) is 19.5 Å². The molecule has 0 radical (unpaired) electrons. The maximum absolute atomic E-state index is 13.2. The number of rotatable bonds is 7. The number of aryl methyl sites for hydroxylation is 1. The molecule has 1 heterocycles. The Hall–Kier alpha value is -3.88. The number of nitrogens with one attached hydrogen (secondary N) is 3. The van der Waals surface area contributed by atoms with Gasteiger partial charge in [0.2, 0.25) is 5.91 Å². The molecule has 5 amide bonds. The van der Waals surface area contributed by atoms with E-state index in [9.17, 15) is 19.2 Å². The highest BCUT2D eigenvalue weighted by Gasteiger charge is 2.35. The highest BCUT2D eigenvalue weighted by Crippen LogP contribution is 2.24. The summed E-state index contributed by atoms with van der Waals surface area (Å²) in [7, 11) is 3.05. The molecule has 1 aliphatic rings. The topological polar surface area (TPSA) is 117 Å². The molecule has 0 aromatic heterocycles. The molecule has 1 aliphatic heterocycles. The molecule has 2 aromatic rings. The van der Waals surface area contributed by atoms with Crippen LogP contribution in [0.3, 0.4) is 0 Å². The number of benzene rings is 2. The van der Waals surface area contributed by atoms with Gasteiger partial charge in [0.05, 0.1) is 13.5 Å². The van der Waals surface area contributed by atoms with E-state index in [4.69, 9.17) is 4.74 Å². The molecule has 3 rings (SSSR count). The summed E-state index contributed by atoms with van der Waals surface area (Å²) in [5, 5.41) is 7.30. The van der Waals surface area contributed by atoms with E-state index in [0.29, 0.717) is 17.0 Å². The lowest BCUT2D eigenvalue weighted by Gasteiger charge is -2.28. The van der Waals surface area contributed by atoms with Crippen molar-refractivity contribution in [1.82, 2.24) is 15.5 Å². The third kappa shape index (κ3) is 5.19. The fraction of sp³-hybridized carbons (Fsp3) is 0.273. The number of ether oxygens (including phenoxy) is 1. The molecule has 162 valence electrons. The molecular weight excluding hydrogens is 400 g/mol. The molecule has 0 unspecified atom stereocenters. The second-order valence-corrected chi connectivity index (χ2v) is 7.26. The Balaban J connectivity index is 1.81. The minimum absolute atomic E-state index is 0.258. The van der Waals surface area contributed by atoms with E-state index in [-0.39, 0.29) is 6.42 Å². The van der Waals surface area contributed by atoms with Gasteiger partial charge >= 0.3 is 6.03 Å². The number of anilines is 1. The molecular formula is C22H24N4O5. The fourth-order valence-electron chi connectivity index (χ4n) is 3.25. The van der Waals surface area contributed by atoms with Crippen molar-refractivity contribution in [2.45, 2.75) is 25.4 Å². The number of carbonyl (C=O) groups is 4. The van der Waals surface area contributed by atoms with Crippen LogP contribution in [0.15, 0.2) is 48.5 Å². The van der Waals surface area contributed by atoms with E-state index < -0.39 is 35.8 Å². The number of nitrogens with zero attached hydrogens (tertiary/aromatic N) is 1. The normalized spacial score (nSPS) is 16.2. The molecule has 9 heteroatoms. The van der Waals surface area contributed by atoms with Gasteiger partial charge in [0.25, 0.3) is 11.8 Å². The van der Waals surface area contributed by atoms with Crippen LogP contribution in [0.4, 0.5) is 10.5 Å². The molecule has 2 aromatic carbocycles. The Morgan fingerprint density at radius 2 is 1.74 bits per heavy atom. The molecule has 9 nitrogen and oxygen atoms in total. The predicted octanol–water partition coefficient (Wildman–Crippen LogP) is 1.74. The van der Waals surface area contributed by atoms with Crippen molar-refractivity contribution < 1.29 is 23.9 Å². The van der Waals surface area contributed by atoms with Crippen molar-refractivity contribution in [1.29, 1.82) is 0 Å². The number of hydrogen-bond donors (Lipinski definition) is 3. The summed E-state index contributed by atoms with van der Waals surface area (Å²) in [5.41, 5.74) is 2.18. The number of amides is 5. The van der Waals surface area contributed by atoms with Gasteiger partial charge in [-0.3, -0.25) is 19.7 Å². The van der Waals surface area contributed by atoms with Gasteiger partial charge in [-0.2, -0.15) is 0 Å². The quantitative estimate of drug-likeness (QED) is 0.586. The van der Waals surface area contributed by atoms with E-state index in [1.54, 1.807) is 43.5 Å². The second kappa shape index (κ2) is 9.29. The maximum atomic E-state index is 13.2. The van der Waals surface area contributed by atoms with Crippen LogP contribution in [0.2, 0.25) is 0 Å². The van der Waals surface area contributed by atoms with Gasteiger partial charge in [-0.1, -0.05) is 29.8 Å². The highest BCUT2D eigenvalue weighted by atomic mass is 16.5. The Morgan fingerprint density at radius 1 is 1.10 bits per heavy atom. The zero-order valence-electron chi connectivity index (χ0n) is 17.5. The first-order valence-electron chi connectivity index (χ1n) is 9.67. The zero-order chi connectivity index (χ0) is 22.5. The minimum atomic E-state index is -0.967. The molecule has 2 atom stereocenters. The average Bonchev–Trinajstić information content (AvgIpc) is 3.06. The third-order valence-corrected chi connectivity index (χ3v) is 5.02. The van der Waals surface area contributed by atoms with Crippen molar-refractivity contribution >= 4 is 29.4 Å². The summed E-state index contributed by atoms with van der Waals surface area (Å²) in [6.07, 6.45) is -0.258. The van der Waals surface area contributed by atoms with E-state index >= 15 is 0 Å². The van der Waals surface area contributed by atoms with E-state index in [2.05, 4.69) is 16.0 Å². The van der Waals surface area contributed by atoms with Gasteiger partial charge in [-0.15, -0.1) is 0 Å². The molecule has 0 saturated carbocycles. The first-order valence-corrected chi connectivity index (χ1v) is 9.67. The number of methoxy groups -OCH3 is 1. The van der Waals surface area contributed by atoms with Gasteiger partial charge in [0.15, 0.2) is 0 Å². The number of likely N-dealkylation sites (N-methyl/N-ethyl adjacent to an activating group) is 1. The summed E-state index contributed by atoms with van der Waals surface area (Å²) in [4.78, 5) is 50.4. The summed E-state index contributed by atoms with van der Waals surface area (Å²) in [6.45, 7) is 1.92. The standard InChI is InChI=1S/C22H24N4O5/c1-13-4-6-14(7-5-13)19(21(29)23-15-8-10-16(31-3)11-9-15)26(2)18(27)12-17-20(28)25-22(30)24-17/h4-11,17,19H,12H2,1-3H3,(H,23,29)(H2,24,25,28,30)/t17-,19+/m1/s1. The van der Waals surface area contributed by atoms with Crippen LogP contribution in [0.1, 0.15) is 23.6 Å². The lowest BCUT2D eigenvalue weighted by molar-refractivity contribution is -0.138. The van der Waals surface area contributed by atoms with Crippen LogP contribution in [-0.4, -0.2) is 48.9 Å². The predicted molar refractivity (Wildman–Crippen MR) is 113 cm³/mol.